The number of benzene rings is 1. The van der Waals surface area contributed by atoms with E-state index < -0.39 is 0 Å². The molecule has 1 aromatic carbocycles. The molecular formula is C18H25FN2O. The second-order valence-electron chi connectivity index (χ2n) is 6.93. The van der Waals surface area contributed by atoms with Gasteiger partial charge in [-0.1, -0.05) is 25.0 Å². The van der Waals surface area contributed by atoms with Gasteiger partial charge in [0, 0.05) is 6.54 Å². The summed E-state index contributed by atoms with van der Waals surface area (Å²) in [7, 11) is 0. The van der Waals surface area contributed by atoms with Gasteiger partial charge in [-0.25, -0.2) is 4.39 Å². The highest BCUT2D eigenvalue weighted by atomic mass is 19.1. The molecule has 0 radical (unpaired) electrons. The number of carbonyl (C=O) groups excluding carboxylic acids is 1. The zero-order valence-corrected chi connectivity index (χ0v) is 13.4. The predicted octanol–water partition coefficient (Wildman–Crippen LogP) is 3.09. The van der Waals surface area contributed by atoms with Gasteiger partial charge in [0.1, 0.15) is 5.82 Å². The number of amides is 1. The molecule has 3 atom stereocenters. The summed E-state index contributed by atoms with van der Waals surface area (Å²) >= 11 is 0. The third-order valence-electron chi connectivity index (χ3n) is 5.53. The van der Waals surface area contributed by atoms with Crippen molar-refractivity contribution in [3.8, 4) is 0 Å². The largest absolute Gasteiger partial charge is 0.349 e. The third kappa shape index (κ3) is 2.65. The van der Waals surface area contributed by atoms with E-state index in [1.165, 1.54) is 12.5 Å². The lowest BCUT2D eigenvalue weighted by atomic mass is 9.67. The van der Waals surface area contributed by atoms with Crippen molar-refractivity contribution < 1.29 is 9.18 Å². The number of hydrogen-bond donors (Lipinski definition) is 2. The first kappa shape index (κ1) is 15.5. The lowest BCUT2D eigenvalue weighted by molar-refractivity contribution is -0.134. The molecule has 3 rings (SSSR count). The van der Waals surface area contributed by atoms with Crippen LogP contribution >= 0.6 is 0 Å². The zero-order valence-electron chi connectivity index (χ0n) is 13.4. The van der Waals surface area contributed by atoms with Crippen LogP contribution in [0.25, 0.3) is 0 Å². The predicted molar refractivity (Wildman–Crippen MR) is 85.0 cm³/mol. The van der Waals surface area contributed by atoms with Gasteiger partial charge >= 0.3 is 0 Å². The fourth-order valence-electron chi connectivity index (χ4n) is 3.99. The van der Waals surface area contributed by atoms with Crippen molar-refractivity contribution in [2.75, 3.05) is 13.1 Å². The van der Waals surface area contributed by atoms with Gasteiger partial charge in [-0.3, -0.25) is 4.79 Å². The Morgan fingerprint density at radius 1 is 1.45 bits per heavy atom. The summed E-state index contributed by atoms with van der Waals surface area (Å²) in [5, 5.41) is 6.52. The summed E-state index contributed by atoms with van der Waals surface area (Å²) in [5.74, 6) is 0.369. The minimum absolute atomic E-state index is 0.135. The van der Waals surface area contributed by atoms with E-state index in [9.17, 15) is 9.18 Å². The third-order valence-corrected chi connectivity index (χ3v) is 5.53. The average Bonchev–Trinajstić information content (AvgIpc) is 2.95. The SMILES string of the molecule is Cc1ccc(C(C)NC(=O)[C@@]23CCCC[C@H]2CNC3)cc1F. The van der Waals surface area contributed by atoms with E-state index in [4.69, 9.17) is 0 Å². The number of fused-ring (bicyclic) bond motifs is 1. The van der Waals surface area contributed by atoms with Crippen molar-refractivity contribution in [2.24, 2.45) is 11.3 Å². The molecule has 0 aromatic heterocycles. The van der Waals surface area contributed by atoms with Gasteiger partial charge in [-0.15, -0.1) is 0 Å². The van der Waals surface area contributed by atoms with Crippen LogP contribution in [0.15, 0.2) is 18.2 Å². The Balaban J connectivity index is 1.74. The van der Waals surface area contributed by atoms with E-state index in [1.54, 1.807) is 13.0 Å². The Bertz CT molecular complexity index is 574. The summed E-state index contributed by atoms with van der Waals surface area (Å²) in [5.41, 5.74) is 1.20. The fraction of sp³-hybridized carbons (Fsp3) is 0.611. The van der Waals surface area contributed by atoms with Crippen LogP contribution in [0.4, 0.5) is 4.39 Å². The van der Waals surface area contributed by atoms with Gasteiger partial charge in [0.05, 0.1) is 11.5 Å². The summed E-state index contributed by atoms with van der Waals surface area (Å²) in [6, 6.07) is 5.03. The molecule has 1 aromatic rings. The van der Waals surface area contributed by atoms with Gasteiger partial charge in [0.15, 0.2) is 0 Å². The van der Waals surface area contributed by atoms with E-state index in [1.807, 2.05) is 13.0 Å². The zero-order chi connectivity index (χ0) is 15.7. The van der Waals surface area contributed by atoms with E-state index in [2.05, 4.69) is 10.6 Å². The smallest absolute Gasteiger partial charge is 0.228 e. The first-order valence-electron chi connectivity index (χ1n) is 8.31. The Morgan fingerprint density at radius 3 is 3.05 bits per heavy atom. The standard InChI is InChI=1S/C18H25FN2O/c1-12-6-7-14(9-16(12)19)13(2)21-17(22)18-8-4-3-5-15(18)10-20-11-18/h6-7,9,13,15,20H,3-5,8,10-11H2,1-2H3,(H,21,22)/t13?,15-,18+/m0/s1. The highest BCUT2D eigenvalue weighted by Gasteiger charge is 2.49. The number of rotatable bonds is 3. The van der Waals surface area contributed by atoms with E-state index in [-0.39, 0.29) is 23.2 Å². The highest BCUT2D eigenvalue weighted by Crippen LogP contribution is 2.44. The lowest BCUT2D eigenvalue weighted by Crippen LogP contribution is -2.48. The molecule has 1 saturated heterocycles. The van der Waals surface area contributed by atoms with Gasteiger partial charge < -0.3 is 10.6 Å². The lowest BCUT2D eigenvalue weighted by Gasteiger charge is -2.38. The molecule has 1 aliphatic heterocycles. The fourth-order valence-corrected chi connectivity index (χ4v) is 3.99. The molecule has 1 saturated carbocycles. The molecule has 1 aliphatic carbocycles. The van der Waals surface area contributed by atoms with Crippen molar-refractivity contribution >= 4 is 5.91 Å². The molecule has 1 unspecified atom stereocenters. The van der Waals surface area contributed by atoms with Crippen LogP contribution in [0, 0.1) is 24.1 Å². The number of halogens is 1. The first-order valence-corrected chi connectivity index (χ1v) is 8.31. The normalized spacial score (nSPS) is 29.0. The number of nitrogens with one attached hydrogen (secondary N) is 2. The monoisotopic (exact) mass is 304 g/mol. The van der Waals surface area contributed by atoms with Crippen LogP contribution in [0.1, 0.15) is 49.8 Å². The molecule has 1 heterocycles. The van der Waals surface area contributed by atoms with Gasteiger partial charge in [-0.2, -0.15) is 0 Å². The number of aryl methyl sites for hydroxylation is 1. The molecule has 22 heavy (non-hydrogen) atoms. The molecule has 0 bridgehead atoms. The summed E-state index contributed by atoms with van der Waals surface area (Å²) < 4.78 is 13.7. The van der Waals surface area contributed by atoms with Gasteiger partial charge in [0.2, 0.25) is 5.91 Å². The van der Waals surface area contributed by atoms with E-state index in [0.29, 0.717) is 11.5 Å². The second kappa shape index (κ2) is 5.99. The molecule has 1 amide bonds. The van der Waals surface area contributed by atoms with Crippen LogP contribution in [-0.4, -0.2) is 19.0 Å². The average molecular weight is 304 g/mol. The minimum atomic E-state index is -0.254. The molecule has 3 nitrogen and oxygen atoms in total. The van der Waals surface area contributed by atoms with Gasteiger partial charge in [0.25, 0.3) is 0 Å². The maximum Gasteiger partial charge on any atom is 0.228 e. The minimum Gasteiger partial charge on any atom is -0.349 e. The quantitative estimate of drug-likeness (QED) is 0.901. The summed E-state index contributed by atoms with van der Waals surface area (Å²) in [6.45, 7) is 5.40. The topological polar surface area (TPSA) is 41.1 Å². The maximum absolute atomic E-state index is 13.7. The molecule has 2 aliphatic rings. The number of carbonyl (C=O) groups is 1. The van der Waals surface area contributed by atoms with Crippen molar-refractivity contribution in [3.05, 3.63) is 35.1 Å². The molecule has 2 fully saturated rings. The van der Waals surface area contributed by atoms with Crippen molar-refractivity contribution in [3.63, 3.8) is 0 Å². The van der Waals surface area contributed by atoms with E-state index in [0.717, 1.165) is 37.9 Å². The number of hydrogen-bond acceptors (Lipinski definition) is 2. The van der Waals surface area contributed by atoms with Crippen LogP contribution in [-0.2, 0) is 4.79 Å². The Labute approximate surface area is 131 Å². The Hall–Kier alpha value is -1.42. The maximum atomic E-state index is 13.7. The van der Waals surface area contributed by atoms with E-state index >= 15 is 0 Å². The Kier molecular flexibility index (Phi) is 4.22. The van der Waals surface area contributed by atoms with Crippen LogP contribution in [0.3, 0.4) is 0 Å². The summed E-state index contributed by atoms with van der Waals surface area (Å²) in [4.78, 5) is 12.9. The van der Waals surface area contributed by atoms with Crippen LogP contribution in [0.5, 0.6) is 0 Å². The molecule has 4 heteroatoms. The van der Waals surface area contributed by atoms with Crippen LogP contribution in [0.2, 0.25) is 0 Å². The van der Waals surface area contributed by atoms with Crippen LogP contribution < -0.4 is 10.6 Å². The second-order valence-corrected chi connectivity index (χ2v) is 6.93. The van der Waals surface area contributed by atoms with Crippen molar-refractivity contribution in [1.29, 1.82) is 0 Å². The summed E-state index contributed by atoms with van der Waals surface area (Å²) in [6.07, 6.45) is 4.44. The van der Waals surface area contributed by atoms with Gasteiger partial charge in [-0.05, 0) is 56.3 Å². The molecule has 2 N–H and O–H groups in total. The van der Waals surface area contributed by atoms with Crippen molar-refractivity contribution in [2.45, 2.75) is 45.6 Å². The molecule has 0 spiro atoms. The van der Waals surface area contributed by atoms with Crippen molar-refractivity contribution in [1.82, 2.24) is 10.6 Å². The molecule has 120 valence electrons. The Morgan fingerprint density at radius 2 is 2.27 bits per heavy atom. The molecular weight excluding hydrogens is 279 g/mol. The first-order chi connectivity index (χ1) is 10.5. The highest BCUT2D eigenvalue weighted by molar-refractivity contribution is 5.84.